The second-order valence-corrected chi connectivity index (χ2v) is 2.95. The first-order chi connectivity index (χ1) is 5.11. The van der Waals surface area contributed by atoms with E-state index in [0.29, 0.717) is 5.56 Å². The summed E-state index contributed by atoms with van der Waals surface area (Å²) >= 11 is -2.54. The van der Waals surface area contributed by atoms with Crippen LogP contribution in [0.1, 0.15) is 5.56 Å². The van der Waals surface area contributed by atoms with Gasteiger partial charge in [0.2, 0.25) is 5.95 Å². The van der Waals surface area contributed by atoms with Crippen LogP contribution in [0.3, 0.4) is 0 Å². The van der Waals surface area contributed by atoms with Crippen molar-refractivity contribution in [3.63, 3.8) is 0 Å². The molecule has 0 radical (unpaired) electrons. The normalized spacial score (nSPS) is 11.9. The third-order valence-electron chi connectivity index (χ3n) is 1.12. The summed E-state index contributed by atoms with van der Waals surface area (Å²) in [5.41, 5.74) is 0.616. The van der Waals surface area contributed by atoms with Gasteiger partial charge in [0.15, 0.2) is 0 Å². The van der Waals surface area contributed by atoms with Crippen molar-refractivity contribution >= 4 is 11.1 Å². The standard InChI is InChI=1S/C6H6FNO2S.Li/c1-4-2-5(11(9)10)6(7)8-3-4;/h2-3H,1H3,(H,9,10);/q;+1/p-1. The van der Waals surface area contributed by atoms with Gasteiger partial charge in [-0.3, -0.25) is 4.21 Å². The smallest absolute Gasteiger partial charge is 0.768 e. The number of pyridine rings is 1. The number of hydrogen-bond acceptors (Lipinski definition) is 3. The van der Waals surface area contributed by atoms with Crippen molar-refractivity contribution in [2.75, 3.05) is 0 Å². The van der Waals surface area contributed by atoms with Crippen molar-refractivity contribution < 1.29 is 32.0 Å². The van der Waals surface area contributed by atoms with Crippen LogP contribution in [0.4, 0.5) is 4.39 Å². The van der Waals surface area contributed by atoms with Gasteiger partial charge in [-0.15, -0.1) is 0 Å². The molecule has 0 saturated carbocycles. The molecule has 0 fully saturated rings. The Bertz CT molecular complexity index is 308. The monoisotopic (exact) mass is 181 g/mol. The van der Waals surface area contributed by atoms with E-state index < -0.39 is 17.0 Å². The molecule has 0 bridgehead atoms. The van der Waals surface area contributed by atoms with Crippen molar-refractivity contribution in [2.45, 2.75) is 11.8 Å². The van der Waals surface area contributed by atoms with Gasteiger partial charge in [0.25, 0.3) is 0 Å². The Hall–Kier alpha value is -0.213. The minimum absolute atomic E-state index is 0. The van der Waals surface area contributed by atoms with Crippen LogP contribution in [0.25, 0.3) is 0 Å². The largest absolute Gasteiger partial charge is 1.00 e. The molecular formula is C6H5FLiNO2S. The number of rotatable bonds is 1. The van der Waals surface area contributed by atoms with Gasteiger partial charge in [-0.05, 0) is 29.6 Å². The number of aryl methyl sites for hydroxylation is 1. The first-order valence-corrected chi connectivity index (χ1v) is 3.90. The van der Waals surface area contributed by atoms with Gasteiger partial charge in [0.1, 0.15) is 0 Å². The minimum atomic E-state index is -2.54. The number of hydrogen-bond donors (Lipinski definition) is 0. The molecule has 0 aromatic carbocycles. The van der Waals surface area contributed by atoms with E-state index in [2.05, 4.69) is 4.98 Å². The van der Waals surface area contributed by atoms with Crippen molar-refractivity contribution in [1.82, 2.24) is 4.98 Å². The summed E-state index contributed by atoms with van der Waals surface area (Å²) in [4.78, 5) is 2.86. The minimum Gasteiger partial charge on any atom is -0.768 e. The maximum atomic E-state index is 12.5. The van der Waals surface area contributed by atoms with Crippen LogP contribution in [-0.2, 0) is 11.1 Å². The summed E-state index contributed by atoms with van der Waals surface area (Å²) in [6, 6.07) is 1.23. The quantitative estimate of drug-likeness (QED) is 0.280. The van der Waals surface area contributed by atoms with E-state index >= 15 is 0 Å². The molecule has 6 heteroatoms. The molecule has 60 valence electrons. The third kappa shape index (κ3) is 2.68. The summed E-state index contributed by atoms with van der Waals surface area (Å²) in [5.74, 6) is -0.955. The first kappa shape index (κ1) is 11.8. The van der Waals surface area contributed by atoms with Gasteiger partial charge in [-0.2, -0.15) is 4.39 Å². The van der Waals surface area contributed by atoms with Crippen molar-refractivity contribution in [2.24, 2.45) is 0 Å². The van der Waals surface area contributed by atoms with Crippen LogP contribution in [-0.4, -0.2) is 13.7 Å². The van der Waals surface area contributed by atoms with Crippen molar-refractivity contribution in [3.8, 4) is 0 Å². The fourth-order valence-corrected chi connectivity index (χ4v) is 1.11. The number of aromatic nitrogens is 1. The van der Waals surface area contributed by atoms with E-state index in [1.165, 1.54) is 12.3 Å². The van der Waals surface area contributed by atoms with Crippen LogP contribution in [0.15, 0.2) is 17.2 Å². The molecule has 1 heterocycles. The number of halogens is 1. The molecule has 3 nitrogen and oxygen atoms in total. The molecule has 1 aromatic heterocycles. The first-order valence-electron chi connectivity index (χ1n) is 2.82. The van der Waals surface area contributed by atoms with Gasteiger partial charge in [0, 0.05) is 6.20 Å². The van der Waals surface area contributed by atoms with E-state index in [0.717, 1.165) is 0 Å². The second kappa shape index (κ2) is 4.73. The Labute approximate surface area is 83.9 Å². The molecule has 0 aliphatic heterocycles. The molecule has 1 atom stereocenters. The molecule has 0 spiro atoms. The van der Waals surface area contributed by atoms with Crippen LogP contribution >= 0.6 is 0 Å². The molecule has 1 unspecified atom stereocenters. The van der Waals surface area contributed by atoms with E-state index in [9.17, 15) is 13.2 Å². The van der Waals surface area contributed by atoms with Gasteiger partial charge >= 0.3 is 18.9 Å². The summed E-state index contributed by atoms with van der Waals surface area (Å²) in [6.07, 6.45) is 1.27. The maximum Gasteiger partial charge on any atom is 1.00 e. The molecular weight excluding hydrogens is 176 g/mol. The summed E-state index contributed by atoms with van der Waals surface area (Å²) in [6.45, 7) is 1.64. The van der Waals surface area contributed by atoms with E-state index in [4.69, 9.17) is 0 Å². The van der Waals surface area contributed by atoms with Gasteiger partial charge in [0.05, 0.1) is 4.90 Å². The second-order valence-electron chi connectivity index (χ2n) is 2.04. The van der Waals surface area contributed by atoms with Crippen LogP contribution in [0.5, 0.6) is 0 Å². The molecule has 0 N–H and O–H groups in total. The average Bonchev–Trinajstić information content (AvgIpc) is 1.94. The third-order valence-corrected chi connectivity index (χ3v) is 1.77. The maximum absolute atomic E-state index is 12.5. The van der Waals surface area contributed by atoms with Crippen molar-refractivity contribution in [1.29, 1.82) is 0 Å². The zero-order valence-electron chi connectivity index (χ0n) is 6.70. The zero-order valence-corrected chi connectivity index (χ0v) is 7.52. The summed E-state index contributed by atoms with van der Waals surface area (Å²) < 4.78 is 33.1. The van der Waals surface area contributed by atoms with Crippen molar-refractivity contribution in [3.05, 3.63) is 23.8 Å². The van der Waals surface area contributed by atoms with Crippen LogP contribution < -0.4 is 18.9 Å². The fourth-order valence-electron chi connectivity index (χ4n) is 0.643. The topological polar surface area (TPSA) is 53.0 Å². The summed E-state index contributed by atoms with van der Waals surface area (Å²) in [7, 11) is 0. The van der Waals surface area contributed by atoms with Gasteiger partial charge in [-0.1, -0.05) is 0 Å². The predicted molar refractivity (Wildman–Crippen MR) is 36.1 cm³/mol. The molecule has 0 saturated heterocycles. The Morgan fingerprint density at radius 3 is 2.67 bits per heavy atom. The van der Waals surface area contributed by atoms with E-state index in [1.807, 2.05) is 0 Å². The zero-order chi connectivity index (χ0) is 8.43. The molecule has 0 aliphatic carbocycles. The SMILES string of the molecule is Cc1cnc(F)c(S(=O)[O-])c1.[Li+]. The number of nitrogens with zero attached hydrogens (tertiary/aromatic N) is 1. The Kier molecular flexibility index (Phi) is 4.64. The predicted octanol–water partition coefficient (Wildman–Crippen LogP) is -2.23. The molecule has 0 aliphatic rings. The Balaban J connectivity index is 0.00000121. The molecule has 1 aromatic rings. The van der Waals surface area contributed by atoms with E-state index in [1.54, 1.807) is 6.92 Å². The average molecular weight is 181 g/mol. The molecule has 12 heavy (non-hydrogen) atoms. The van der Waals surface area contributed by atoms with Gasteiger partial charge in [-0.25, -0.2) is 4.98 Å². The molecule has 0 amide bonds. The Morgan fingerprint density at radius 1 is 1.67 bits per heavy atom. The van der Waals surface area contributed by atoms with Crippen LogP contribution in [0.2, 0.25) is 0 Å². The van der Waals surface area contributed by atoms with Crippen LogP contribution in [0, 0.1) is 12.9 Å². The van der Waals surface area contributed by atoms with E-state index in [-0.39, 0.29) is 23.8 Å². The van der Waals surface area contributed by atoms with Gasteiger partial charge < -0.3 is 4.55 Å². The fraction of sp³-hybridized carbons (Fsp3) is 0.167. The Morgan fingerprint density at radius 2 is 2.25 bits per heavy atom. The molecule has 1 rings (SSSR count). The summed E-state index contributed by atoms with van der Waals surface area (Å²) in [5, 5.41) is 0.